The summed E-state index contributed by atoms with van der Waals surface area (Å²) in [6.07, 6.45) is 0. The number of aryl methyl sites for hydroxylation is 2. The number of rotatable bonds is 7. The first-order valence-electron chi connectivity index (χ1n) is 10.1. The summed E-state index contributed by atoms with van der Waals surface area (Å²) in [5.41, 5.74) is 2.08. The van der Waals surface area contributed by atoms with E-state index in [-0.39, 0.29) is 29.6 Å². The molecule has 172 valence electrons. The first-order chi connectivity index (χ1) is 15.6. The van der Waals surface area contributed by atoms with Gasteiger partial charge in [0.1, 0.15) is 11.5 Å². The predicted octanol–water partition coefficient (Wildman–Crippen LogP) is 3.38. The largest absolute Gasteiger partial charge is 0.348 e. The highest BCUT2D eigenvalue weighted by molar-refractivity contribution is 6.31. The van der Waals surface area contributed by atoms with E-state index in [2.05, 4.69) is 21.0 Å². The fourth-order valence-electron chi connectivity index (χ4n) is 3.30. The second-order valence-electron chi connectivity index (χ2n) is 7.45. The lowest BCUT2D eigenvalue weighted by Crippen LogP contribution is -2.38. The van der Waals surface area contributed by atoms with Crippen LogP contribution in [0.4, 0.5) is 10.1 Å². The predicted molar refractivity (Wildman–Crippen MR) is 123 cm³/mol. The third kappa shape index (κ3) is 6.17. The number of hydrogen-bond acceptors (Lipinski definition) is 4. The minimum absolute atomic E-state index is 0.0312. The third-order valence-electron chi connectivity index (χ3n) is 4.82. The van der Waals surface area contributed by atoms with E-state index < -0.39 is 17.8 Å². The van der Waals surface area contributed by atoms with Gasteiger partial charge in [-0.2, -0.15) is 5.10 Å². The van der Waals surface area contributed by atoms with Crippen molar-refractivity contribution in [2.24, 2.45) is 7.05 Å². The van der Waals surface area contributed by atoms with Crippen molar-refractivity contribution in [2.75, 3.05) is 11.9 Å². The summed E-state index contributed by atoms with van der Waals surface area (Å²) in [4.78, 5) is 37.2. The van der Waals surface area contributed by atoms with Gasteiger partial charge < -0.3 is 16.0 Å². The molecule has 1 heterocycles. The van der Waals surface area contributed by atoms with Gasteiger partial charge in [-0.15, -0.1) is 0 Å². The average molecular weight is 472 g/mol. The Bertz CT molecular complexity index is 1190. The molecule has 0 fully saturated rings. The quantitative estimate of drug-likeness (QED) is 0.491. The molecular formula is C23H23ClFN5O3. The van der Waals surface area contributed by atoms with Crippen LogP contribution in [-0.4, -0.2) is 34.0 Å². The van der Waals surface area contributed by atoms with Crippen LogP contribution in [0.2, 0.25) is 5.02 Å². The van der Waals surface area contributed by atoms with Gasteiger partial charge in [0.05, 0.1) is 23.0 Å². The van der Waals surface area contributed by atoms with Crippen molar-refractivity contribution >= 4 is 35.0 Å². The lowest BCUT2D eigenvalue weighted by molar-refractivity contribution is -0.114. The van der Waals surface area contributed by atoms with Crippen molar-refractivity contribution in [3.8, 4) is 0 Å². The van der Waals surface area contributed by atoms with Crippen molar-refractivity contribution in [1.29, 1.82) is 0 Å². The van der Waals surface area contributed by atoms with Crippen LogP contribution in [0, 0.1) is 12.7 Å². The number of nitrogens with one attached hydrogen (secondary N) is 3. The summed E-state index contributed by atoms with van der Waals surface area (Å²) in [6, 6.07) is 11.0. The Morgan fingerprint density at radius 2 is 1.79 bits per heavy atom. The molecule has 0 saturated carbocycles. The molecule has 0 saturated heterocycles. The Morgan fingerprint density at radius 3 is 2.39 bits per heavy atom. The molecule has 3 aromatic rings. The number of aromatic nitrogens is 2. The summed E-state index contributed by atoms with van der Waals surface area (Å²) in [6.45, 7) is 3.13. The minimum Gasteiger partial charge on any atom is -0.348 e. The van der Waals surface area contributed by atoms with Gasteiger partial charge in [0.2, 0.25) is 5.91 Å². The lowest BCUT2D eigenvalue weighted by Gasteiger charge is -2.21. The summed E-state index contributed by atoms with van der Waals surface area (Å²) >= 11 is 6.01. The Balaban J connectivity index is 1.84. The van der Waals surface area contributed by atoms with Gasteiger partial charge in [-0.25, -0.2) is 4.39 Å². The second-order valence-corrected chi connectivity index (χ2v) is 7.89. The molecule has 0 aliphatic heterocycles. The molecule has 0 radical (unpaired) electrons. The first kappa shape index (κ1) is 23.9. The van der Waals surface area contributed by atoms with Crippen molar-refractivity contribution in [2.45, 2.75) is 19.9 Å². The number of halogens is 2. The van der Waals surface area contributed by atoms with Crippen LogP contribution in [0.15, 0.2) is 48.5 Å². The van der Waals surface area contributed by atoms with E-state index in [1.807, 2.05) is 0 Å². The number of carbonyl (C=O) groups is 3. The van der Waals surface area contributed by atoms with Crippen LogP contribution in [0.25, 0.3) is 0 Å². The standard InChI is InChI=1S/C23H23ClFN5O3/c1-13-10-21(30(3)29-13)23(33)26-12-20(15-4-7-17(25)8-5-15)28-22(32)18-9-6-16(24)11-19(18)27-14(2)31/h4-11,20H,12H2,1-3H3,(H,26,33)(H,27,31)(H,28,32). The normalized spacial score (nSPS) is 11.5. The molecule has 0 bridgehead atoms. The number of anilines is 1. The van der Waals surface area contributed by atoms with Crippen LogP contribution in [0.3, 0.4) is 0 Å². The molecule has 10 heteroatoms. The number of carbonyl (C=O) groups excluding carboxylic acids is 3. The molecule has 0 aliphatic rings. The average Bonchev–Trinajstić information content (AvgIpc) is 3.09. The van der Waals surface area contributed by atoms with Crippen molar-refractivity contribution in [3.05, 3.63) is 81.9 Å². The maximum atomic E-state index is 13.5. The highest BCUT2D eigenvalue weighted by Crippen LogP contribution is 2.23. The van der Waals surface area contributed by atoms with E-state index in [1.165, 1.54) is 54.1 Å². The molecule has 2 aromatic carbocycles. The van der Waals surface area contributed by atoms with Gasteiger partial charge in [-0.05, 0) is 48.9 Å². The SMILES string of the molecule is CC(=O)Nc1cc(Cl)ccc1C(=O)NC(CNC(=O)c1cc(C)nn1C)c1ccc(F)cc1. The van der Waals surface area contributed by atoms with E-state index in [0.29, 0.717) is 22.0 Å². The third-order valence-corrected chi connectivity index (χ3v) is 5.05. The summed E-state index contributed by atoms with van der Waals surface area (Å²) in [5, 5.41) is 12.7. The van der Waals surface area contributed by atoms with Crippen LogP contribution in [0.1, 0.15) is 45.1 Å². The van der Waals surface area contributed by atoms with Crippen LogP contribution in [0.5, 0.6) is 0 Å². The van der Waals surface area contributed by atoms with Gasteiger partial charge >= 0.3 is 0 Å². The maximum absolute atomic E-state index is 13.5. The van der Waals surface area contributed by atoms with Crippen molar-refractivity contribution in [1.82, 2.24) is 20.4 Å². The first-order valence-corrected chi connectivity index (χ1v) is 10.4. The Morgan fingerprint density at radius 1 is 1.09 bits per heavy atom. The number of benzene rings is 2. The zero-order valence-electron chi connectivity index (χ0n) is 18.3. The Labute approximate surface area is 195 Å². The maximum Gasteiger partial charge on any atom is 0.269 e. The molecule has 3 amide bonds. The van der Waals surface area contributed by atoms with Gasteiger partial charge in [-0.3, -0.25) is 19.1 Å². The second kappa shape index (κ2) is 10.3. The summed E-state index contributed by atoms with van der Waals surface area (Å²) in [7, 11) is 1.66. The molecule has 8 nitrogen and oxygen atoms in total. The van der Waals surface area contributed by atoms with Crippen molar-refractivity contribution in [3.63, 3.8) is 0 Å². The number of nitrogens with zero attached hydrogens (tertiary/aromatic N) is 2. The van der Waals surface area contributed by atoms with Gasteiger partial charge in [0.15, 0.2) is 0 Å². The molecule has 3 N–H and O–H groups in total. The molecule has 1 atom stereocenters. The van der Waals surface area contributed by atoms with Crippen LogP contribution >= 0.6 is 11.6 Å². The number of amides is 3. The molecule has 1 unspecified atom stereocenters. The molecule has 1 aromatic heterocycles. The minimum atomic E-state index is -0.683. The molecule has 0 spiro atoms. The van der Waals surface area contributed by atoms with E-state index >= 15 is 0 Å². The van der Waals surface area contributed by atoms with E-state index in [1.54, 1.807) is 20.0 Å². The molecule has 0 aliphatic carbocycles. The molecular weight excluding hydrogens is 449 g/mol. The van der Waals surface area contributed by atoms with E-state index in [9.17, 15) is 18.8 Å². The van der Waals surface area contributed by atoms with E-state index in [0.717, 1.165) is 0 Å². The lowest BCUT2D eigenvalue weighted by atomic mass is 10.1. The zero-order chi connectivity index (χ0) is 24.1. The Hall–Kier alpha value is -3.72. The highest BCUT2D eigenvalue weighted by atomic mass is 35.5. The topological polar surface area (TPSA) is 105 Å². The zero-order valence-corrected chi connectivity index (χ0v) is 19.0. The fourth-order valence-corrected chi connectivity index (χ4v) is 3.47. The fraction of sp³-hybridized carbons (Fsp3) is 0.217. The van der Waals surface area contributed by atoms with E-state index in [4.69, 9.17) is 11.6 Å². The molecule has 3 rings (SSSR count). The van der Waals surface area contributed by atoms with Crippen molar-refractivity contribution < 1.29 is 18.8 Å². The van der Waals surface area contributed by atoms with Gasteiger partial charge in [0, 0.05) is 25.5 Å². The smallest absolute Gasteiger partial charge is 0.269 e. The van der Waals surface area contributed by atoms with Crippen LogP contribution in [-0.2, 0) is 11.8 Å². The number of hydrogen-bond donors (Lipinski definition) is 3. The van der Waals surface area contributed by atoms with Gasteiger partial charge in [0.25, 0.3) is 11.8 Å². The monoisotopic (exact) mass is 471 g/mol. The summed E-state index contributed by atoms with van der Waals surface area (Å²) in [5.74, 6) is -1.66. The highest BCUT2D eigenvalue weighted by Gasteiger charge is 2.21. The molecule has 33 heavy (non-hydrogen) atoms. The Kier molecular flexibility index (Phi) is 7.44. The summed E-state index contributed by atoms with van der Waals surface area (Å²) < 4.78 is 14.9. The van der Waals surface area contributed by atoms with Gasteiger partial charge in [-0.1, -0.05) is 23.7 Å². The van der Waals surface area contributed by atoms with Crippen LogP contribution < -0.4 is 16.0 Å².